The fraction of sp³-hybridized carbons (Fsp3) is 0.500. The van der Waals surface area contributed by atoms with Crippen molar-refractivity contribution in [3.05, 3.63) is 28.9 Å². The normalized spacial score (nSPS) is 16.7. The lowest BCUT2D eigenvalue weighted by Gasteiger charge is -2.11. The van der Waals surface area contributed by atoms with Crippen LogP contribution in [0.1, 0.15) is 49.0 Å². The number of carbonyl (C=O) groups excluding carboxylic acids is 1. The van der Waals surface area contributed by atoms with Crippen LogP contribution in [0.3, 0.4) is 0 Å². The average Bonchev–Trinajstić information content (AvgIpc) is 2.73. The summed E-state index contributed by atoms with van der Waals surface area (Å²) in [6.45, 7) is 6.25. The van der Waals surface area contributed by atoms with Crippen molar-refractivity contribution in [2.75, 3.05) is 6.61 Å². The number of hydrogen-bond donors (Lipinski definition) is 0. The Morgan fingerprint density at radius 2 is 2.17 bits per heavy atom. The van der Waals surface area contributed by atoms with Crippen molar-refractivity contribution in [2.45, 2.75) is 39.5 Å². The SMILES string of the molecule is CCOC(=O)CC1C=Cc2c(C)nc(CC)nc21. The van der Waals surface area contributed by atoms with Crippen molar-refractivity contribution < 1.29 is 9.53 Å². The van der Waals surface area contributed by atoms with Gasteiger partial charge in [-0.2, -0.15) is 0 Å². The van der Waals surface area contributed by atoms with Crippen molar-refractivity contribution in [3.8, 4) is 0 Å². The molecule has 4 heteroatoms. The Hall–Kier alpha value is -1.71. The Kier molecular flexibility index (Phi) is 3.75. The first-order chi connectivity index (χ1) is 8.65. The highest BCUT2D eigenvalue weighted by Crippen LogP contribution is 2.32. The molecule has 1 aromatic rings. The maximum Gasteiger partial charge on any atom is 0.306 e. The highest BCUT2D eigenvalue weighted by atomic mass is 16.5. The minimum Gasteiger partial charge on any atom is -0.466 e. The van der Waals surface area contributed by atoms with Gasteiger partial charge in [-0.15, -0.1) is 0 Å². The molecule has 0 radical (unpaired) electrons. The van der Waals surface area contributed by atoms with Gasteiger partial charge in [0, 0.05) is 23.6 Å². The highest BCUT2D eigenvalue weighted by Gasteiger charge is 2.24. The van der Waals surface area contributed by atoms with Crippen LogP contribution in [-0.4, -0.2) is 22.5 Å². The van der Waals surface area contributed by atoms with Crippen molar-refractivity contribution in [1.82, 2.24) is 9.97 Å². The van der Waals surface area contributed by atoms with E-state index in [4.69, 9.17) is 4.74 Å². The van der Waals surface area contributed by atoms with Gasteiger partial charge >= 0.3 is 5.97 Å². The van der Waals surface area contributed by atoms with Gasteiger partial charge in [0.15, 0.2) is 0 Å². The van der Waals surface area contributed by atoms with Crippen LogP contribution < -0.4 is 0 Å². The zero-order valence-electron chi connectivity index (χ0n) is 11.1. The van der Waals surface area contributed by atoms with Crippen LogP contribution in [0.4, 0.5) is 0 Å². The Morgan fingerprint density at radius 1 is 1.39 bits per heavy atom. The lowest BCUT2D eigenvalue weighted by molar-refractivity contribution is -0.143. The van der Waals surface area contributed by atoms with Crippen LogP contribution in [0.15, 0.2) is 6.08 Å². The molecule has 1 atom stereocenters. The van der Waals surface area contributed by atoms with Gasteiger partial charge < -0.3 is 4.74 Å². The molecule has 0 saturated heterocycles. The summed E-state index contributed by atoms with van der Waals surface area (Å²) in [5, 5.41) is 0. The van der Waals surface area contributed by atoms with Crippen LogP contribution in [0, 0.1) is 6.92 Å². The molecule has 0 saturated carbocycles. The molecule has 1 unspecified atom stereocenters. The molecule has 1 aliphatic carbocycles. The summed E-state index contributed by atoms with van der Waals surface area (Å²) >= 11 is 0. The van der Waals surface area contributed by atoms with Gasteiger partial charge in [-0.05, 0) is 13.8 Å². The number of esters is 1. The molecule has 0 bridgehead atoms. The average molecular weight is 246 g/mol. The smallest absolute Gasteiger partial charge is 0.306 e. The minimum atomic E-state index is -0.172. The van der Waals surface area contributed by atoms with Gasteiger partial charge in [-0.3, -0.25) is 4.79 Å². The molecular formula is C14H18N2O2. The summed E-state index contributed by atoms with van der Waals surface area (Å²) in [4.78, 5) is 20.5. The van der Waals surface area contributed by atoms with Crippen molar-refractivity contribution in [2.24, 2.45) is 0 Å². The summed E-state index contributed by atoms with van der Waals surface area (Å²) in [6.07, 6.45) is 5.19. The van der Waals surface area contributed by atoms with E-state index in [2.05, 4.69) is 9.97 Å². The topological polar surface area (TPSA) is 52.1 Å². The summed E-state index contributed by atoms with van der Waals surface area (Å²) in [5.74, 6) is 0.698. The molecule has 18 heavy (non-hydrogen) atoms. The van der Waals surface area contributed by atoms with E-state index in [-0.39, 0.29) is 11.9 Å². The predicted molar refractivity (Wildman–Crippen MR) is 69.2 cm³/mol. The number of hydrogen-bond acceptors (Lipinski definition) is 4. The third-order valence-electron chi connectivity index (χ3n) is 3.07. The second kappa shape index (κ2) is 5.29. The molecule has 0 fully saturated rings. The Labute approximate surface area is 107 Å². The molecule has 0 aromatic carbocycles. The summed E-state index contributed by atoms with van der Waals surface area (Å²) in [7, 11) is 0. The van der Waals surface area contributed by atoms with E-state index in [0.717, 1.165) is 29.2 Å². The number of fused-ring (bicyclic) bond motifs is 1. The third-order valence-corrected chi connectivity index (χ3v) is 3.07. The van der Waals surface area contributed by atoms with Crippen molar-refractivity contribution in [1.29, 1.82) is 0 Å². The number of aryl methyl sites for hydroxylation is 2. The largest absolute Gasteiger partial charge is 0.466 e. The van der Waals surface area contributed by atoms with E-state index in [9.17, 15) is 4.79 Å². The van der Waals surface area contributed by atoms with Gasteiger partial charge in [0.25, 0.3) is 0 Å². The fourth-order valence-corrected chi connectivity index (χ4v) is 2.18. The molecule has 0 amide bonds. The molecule has 0 N–H and O–H groups in total. The van der Waals surface area contributed by atoms with E-state index in [1.54, 1.807) is 0 Å². The van der Waals surface area contributed by atoms with E-state index in [0.29, 0.717) is 13.0 Å². The number of rotatable bonds is 4. The summed E-state index contributed by atoms with van der Waals surface area (Å²) in [6, 6.07) is 0. The van der Waals surface area contributed by atoms with Crippen LogP contribution in [0.2, 0.25) is 0 Å². The minimum absolute atomic E-state index is 0.0334. The first kappa shape index (κ1) is 12.7. The molecule has 1 aliphatic rings. The van der Waals surface area contributed by atoms with Gasteiger partial charge in [0.2, 0.25) is 0 Å². The quantitative estimate of drug-likeness (QED) is 0.765. The number of carbonyl (C=O) groups is 1. The van der Waals surface area contributed by atoms with Gasteiger partial charge in [0.05, 0.1) is 18.7 Å². The molecule has 4 nitrogen and oxygen atoms in total. The standard InChI is InChI=1S/C14H18N2O2/c1-4-12-15-9(3)11-7-6-10(14(11)16-12)8-13(17)18-5-2/h6-7,10H,4-5,8H2,1-3H3. The maximum atomic E-state index is 11.5. The molecule has 1 heterocycles. The number of allylic oxidation sites excluding steroid dienone is 1. The monoisotopic (exact) mass is 246 g/mol. The van der Waals surface area contributed by atoms with Gasteiger partial charge in [0.1, 0.15) is 5.82 Å². The maximum absolute atomic E-state index is 11.5. The number of aromatic nitrogens is 2. The van der Waals surface area contributed by atoms with E-state index < -0.39 is 0 Å². The molecular weight excluding hydrogens is 228 g/mol. The van der Waals surface area contributed by atoms with Crippen LogP contribution in [0.25, 0.3) is 6.08 Å². The lowest BCUT2D eigenvalue weighted by atomic mass is 10.0. The summed E-state index contributed by atoms with van der Waals surface area (Å²) in [5.41, 5.74) is 3.01. The second-order valence-corrected chi connectivity index (χ2v) is 4.35. The number of ether oxygens (including phenoxy) is 1. The van der Waals surface area contributed by atoms with Gasteiger partial charge in [-0.25, -0.2) is 9.97 Å². The molecule has 2 rings (SSSR count). The van der Waals surface area contributed by atoms with E-state index in [1.165, 1.54) is 0 Å². The first-order valence-electron chi connectivity index (χ1n) is 6.36. The lowest BCUT2D eigenvalue weighted by Crippen LogP contribution is -2.11. The Morgan fingerprint density at radius 3 is 2.83 bits per heavy atom. The van der Waals surface area contributed by atoms with E-state index in [1.807, 2.05) is 32.9 Å². The molecule has 0 aliphatic heterocycles. The van der Waals surface area contributed by atoms with E-state index >= 15 is 0 Å². The Balaban J connectivity index is 2.24. The Bertz CT molecular complexity index is 495. The zero-order valence-corrected chi connectivity index (χ0v) is 11.1. The highest BCUT2D eigenvalue weighted by molar-refractivity contribution is 5.73. The number of nitrogens with zero attached hydrogens (tertiary/aromatic N) is 2. The first-order valence-corrected chi connectivity index (χ1v) is 6.36. The third kappa shape index (κ3) is 2.42. The summed E-state index contributed by atoms with van der Waals surface area (Å²) < 4.78 is 4.99. The van der Waals surface area contributed by atoms with Crippen LogP contribution >= 0.6 is 0 Å². The van der Waals surface area contributed by atoms with Crippen LogP contribution in [0.5, 0.6) is 0 Å². The van der Waals surface area contributed by atoms with Crippen molar-refractivity contribution in [3.63, 3.8) is 0 Å². The molecule has 96 valence electrons. The molecule has 1 aromatic heterocycles. The van der Waals surface area contributed by atoms with Gasteiger partial charge in [-0.1, -0.05) is 19.1 Å². The second-order valence-electron chi connectivity index (χ2n) is 4.35. The fourth-order valence-electron chi connectivity index (χ4n) is 2.18. The van der Waals surface area contributed by atoms with Crippen molar-refractivity contribution >= 4 is 12.0 Å². The van der Waals surface area contributed by atoms with Crippen LogP contribution in [-0.2, 0) is 16.0 Å². The zero-order chi connectivity index (χ0) is 13.1. The predicted octanol–water partition coefficient (Wildman–Crippen LogP) is 2.41. The molecule has 0 spiro atoms.